The predicted molar refractivity (Wildman–Crippen MR) is 81.0 cm³/mol. The molecule has 3 nitrogen and oxygen atoms in total. The monoisotopic (exact) mass is 325 g/mol. The van der Waals surface area contributed by atoms with Gasteiger partial charge in [-0.2, -0.15) is 13.2 Å². The Morgan fingerprint density at radius 2 is 2.00 bits per heavy atom. The minimum atomic E-state index is -4.42. The second-order valence-corrected chi connectivity index (χ2v) is 5.41. The molecule has 0 spiro atoms. The fourth-order valence-electron chi connectivity index (χ4n) is 2.26. The normalized spacial score (nSPS) is 12.9. The van der Waals surface area contributed by atoms with Crippen molar-refractivity contribution in [2.24, 2.45) is 0 Å². The molecule has 0 fully saturated rings. The summed E-state index contributed by atoms with van der Waals surface area (Å²) in [7, 11) is 0. The van der Waals surface area contributed by atoms with Crippen molar-refractivity contribution in [3.8, 4) is 11.3 Å². The number of benzene rings is 1. The number of nitrogens with one attached hydrogen (secondary N) is 1. The minimum absolute atomic E-state index is 0.00890. The van der Waals surface area contributed by atoms with Crippen molar-refractivity contribution in [2.75, 3.05) is 0 Å². The van der Waals surface area contributed by atoms with E-state index < -0.39 is 11.7 Å². The number of halogens is 3. The summed E-state index contributed by atoms with van der Waals surface area (Å²) in [5.41, 5.74) is -0.477. The van der Waals surface area contributed by atoms with Gasteiger partial charge in [-0.3, -0.25) is 4.79 Å². The molecule has 1 atom stereocenters. The van der Waals surface area contributed by atoms with Gasteiger partial charge in [0.1, 0.15) is 5.76 Å². The Bertz CT molecular complexity index is 676. The average Bonchev–Trinajstić information content (AvgIpc) is 2.96. The molecule has 0 unspecified atom stereocenters. The molecule has 1 aromatic carbocycles. The van der Waals surface area contributed by atoms with Crippen molar-refractivity contribution in [2.45, 2.75) is 38.9 Å². The summed E-state index contributed by atoms with van der Waals surface area (Å²) in [5, 5.41) is 2.78. The van der Waals surface area contributed by atoms with Gasteiger partial charge < -0.3 is 9.73 Å². The summed E-state index contributed by atoms with van der Waals surface area (Å²) in [4.78, 5) is 12.0. The molecule has 0 aliphatic carbocycles. The van der Waals surface area contributed by atoms with Gasteiger partial charge in [-0.1, -0.05) is 25.5 Å². The van der Waals surface area contributed by atoms with E-state index in [4.69, 9.17) is 4.42 Å². The first-order valence-corrected chi connectivity index (χ1v) is 7.39. The molecule has 1 amide bonds. The van der Waals surface area contributed by atoms with Gasteiger partial charge in [-0.05, 0) is 37.6 Å². The van der Waals surface area contributed by atoms with E-state index in [2.05, 4.69) is 5.32 Å². The quantitative estimate of drug-likeness (QED) is 0.851. The summed E-state index contributed by atoms with van der Waals surface area (Å²) in [6, 6.07) is 7.78. The number of furan rings is 1. The number of amides is 1. The van der Waals surface area contributed by atoms with Crippen LogP contribution >= 0.6 is 0 Å². The molecular weight excluding hydrogens is 307 g/mol. The summed E-state index contributed by atoms with van der Waals surface area (Å²) >= 11 is 0. The lowest BCUT2D eigenvalue weighted by Crippen LogP contribution is -2.32. The lowest BCUT2D eigenvalue weighted by atomic mass is 10.1. The molecule has 0 saturated heterocycles. The highest BCUT2D eigenvalue weighted by Crippen LogP contribution is 2.32. The van der Waals surface area contributed by atoms with Crippen LogP contribution in [-0.4, -0.2) is 11.9 Å². The fourth-order valence-corrected chi connectivity index (χ4v) is 2.26. The lowest BCUT2D eigenvalue weighted by molar-refractivity contribution is -0.137. The second kappa shape index (κ2) is 6.89. The molecule has 0 radical (unpaired) electrons. The number of hydrogen-bond donors (Lipinski definition) is 1. The highest BCUT2D eigenvalue weighted by Gasteiger charge is 2.30. The van der Waals surface area contributed by atoms with Crippen molar-refractivity contribution in [3.05, 3.63) is 47.7 Å². The number of alkyl halides is 3. The molecule has 2 aromatic rings. The van der Waals surface area contributed by atoms with Gasteiger partial charge in [-0.25, -0.2) is 0 Å². The SMILES string of the molecule is CCC[C@H](C)NC(=O)c1ccc(-c2cccc(C(F)(F)F)c2)o1. The standard InChI is InChI=1S/C17H18F3NO2/c1-3-5-11(2)21-16(22)15-9-8-14(23-15)12-6-4-7-13(10-12)17(18,19)20/h4,6-11H,3,5H2,1-2H3,(H,21,22)/t11-/m0/s1. The molecule has 0 bridgehead atoms. The highest BCUT2D eigenvalue weighted by atomic mass is 19.4. The Kier molecular flexibility index (Phi) is 5.13. The van der Waals surface area contributed by atoms with Crippen LogP contribution in [0.3, 0.4) is 0 Å². The first kappa shape index (κ1) is 17.1. The van der Waals surface area contributed by atoms with Crippen LogP contribution in [0.2, 0.25) is 0 Å². The Hall–Kier alpha value is -2.24. The molecule has 0 saturated carbocycles. The van der Waals surface area contributed by atoms with Crippen LogP contribution in [0.25, 0.3) is 11.3 Å². The Morgan fingerprint density at radius 3 is 2.65 bits per heavy atom. The number of hydrogen-bond acceptors (Lipinski definition) is 2. The maximum absolute atomic E-state index is 12.7. The van der Waals surface area contributed by atoms with Crippen LogP contribution < -0.4 is 5.32 Å². The molecule has 1 aromatic heterocycles. The van der Waals surface area contributed by atoms with Gasteiger partial charge in [-0.15, -0.1) is 0 Å². The summed E-state index contributed by atoms with van der Waals surface area (Å²) in [5.74, 6) is -0.0612. The van der Waals surface area contributed by atoms with E-state index >= 15 is 0 Å². The van der Waals surface area contributed by atoms with Crippen molar-refractivity contribution in [1.29, 1.82) is 0 Å². The van der Waals surface area contributed by atoms with Gasteiger partial charge >= 0.3 is 6.18 Å². The first-order valence-electron chi connectivity index (χ1n) is 7.39. The van der Waals surface area contributed by atoms with E-state index in [9.17, 15) is 18.0 Å². The van der Waals surface area contributed by atoms with E-state index in [-0.39, 0.29) is 29.0 Å². The maximum atomic E-state index is 12.7. The van der Waals surface area contributed by atoms with E-state index in [1.165, 1.54) is 24.3 Å². The van der Waals surface area contributed by atoms with Crippen LogP contribution in [0.4, 0.5) is 13.2 Å². The third-order valence-electron chi connectivity index (χ3n) is 3.40. The predicted octanol–water partition coefficient (Wildman–Crippen LogP) is 4.88. The van der Waals surface area contributed by atoms with Crippen molar-refractivity contribution < 1.29 is 22.4 Å². The summed E-state index contributed by atoms with van der Waals surface area (Å²) < 4.78 is 43.6. The molecule has 6 heteroatoms. The molecule has 1 heterocycles. The van der Waals surface area contributed by atoms with E-state index in [0.717, 1.165) is 25.0 Å². The van der Waals surface area contributed by atoms with E-state index in [0.29, 0.717) is 0 Å². The zero-order valence-corrected chi connectivity index (χ0v) is 12.9. The zero-order valence-electron chi connectivity index (χ0n) is 12.9. The Labute approximate surface area is 132 Å². The average molecular weight is 325 g/mol. The molecule has 23 heavy (non-hydrogen) atoms. The largest absolute Gasteiger partial charge is 0.451 e. The van der Waals surface area contributed by atoms with Crippen LogP contribution in [0, 0.1) is 0 Å². The molecule has 1 N–H and O–H groups in total. The van der Waals surface area contributed by atoms with Crippen molar-refractivity contribution >= 4 is 5.91 Å². The van der Waals surface area contributed by atoms with Gasteiger partial charge in [0.15, 0.2) is 5.76 Å². The molecular formula is C17H18F3NO2. The smallest absolute Gasteiger partial charge is 0.416 e. The second-order valence-electron chi connectivity index (χ2n) is 5.41. The fraction of sp³-hybridized carbons (Fsp3) is 0.353. The number of carbonyl (C=O) groups excluding carboxylic acids is 1. The summed E-state index contributed by atoms with van der Waals surface area (Å²) in [6.07, 6.45) is -2.64. The number of carbonyl (C=O) groups is 1. The van der Waals surface area contributed by atoms with Crippen molar-refractivity contribution in [3.63, 3.8) is 0 Å². The first-order chi connectivity index (χ1) is 10.8. The highest BCUT2D eigenvalue weighted by molar-refractivity contribution is 5.92. The molecule has 2 rings (SSSR count). The third-order valence-corrected chi connectivity index (χ3v) is 3.40. The lowest BCUT2D eigenvalue weighted by Gasteiger charge is -2.11. The topological polar surface area (TPSA) is 42.2 Å². The maximum Gasteiger partial charge on any atom is 0.416 e. The van der Waals surface area contributed by atoms with Crippen molar-refractivity contribution in [1.82, 2.24) is 5.32 Å². The Balaban J connectivity index is 2.18. The van der Waals surface area contributed by atoms with Gasteiger partial charge in [0.2, 0.25) is 0 Å². The third kappa shape index (κ3) is 4.37. The van der Waals surface area contributed by atoms with Crippen LogP contribution in [0.1, 0.15) is 42.8 Å². The Morgan fingerprint density at radius 1 is 1.26 bits per heavy atom. The minimum Gasteiger partial charge on any atom is -0.451 e. The van der Waals surface area contributed by atoms with Crippen LogP contribution in [-0.2, 0) is 6.18 Å². The van der Waals surface area contributed by atoms with E-state index in [1.54, 1.807) is 0 Å². The summed E-state index contributed by atoms with van der Waals surface area (Å²) in [6.45, 7) is 3.90. The van der Waals surface area contributed by atoms with Gasteiger partial charge in [0.25, 0.3) is 5.91 Å². The van der Waals surface area contributed by atoms with Crippen LogP contribution in [0.5, 0.6) is 0 Å². The molecule has 0 aliphatic heterocycles. The van der Waals surface area contributed by atoms with Gasteiger partial charge in [0, 0.05) is 11.6 Å². The zero-order chi connectivity index (χ0) is 17.0. The van der Waals surface area contributed by atoms with Crippen LogP contribution in [0.15, 0.2) is 40.8 Å². The van der Waals surface area contributed by atoms with E-state index in [1.807, 2.05) is 13.8 Å². The number of rotatable bonds is 5. The molecule has 0 aliphatic rings. The van der Waals surface area contributed by atoms with Gasteiger partial charge in [0.05, 0.1) is 5.56 Å². The molecule has 124 valence electrons.